The minimum atomic E-state index is -1.22. The number of nitrogens with one attached hydrogen (secondary N) is 1. The van der Waals surface area contributed by atoms with Crippen LogP contribution in [0, 0.1) is 6.92 Å². The van der Waals surface area contributed by atoms with Crippen molar-refractivity contribution in [2.45, 2.75) is 32.3 Å². The van der Waals surface area contributed by atoms with E-state index in [4.69, 9.17) is 29.3 Å². The van der Waals surface area contributed by atoms with E-state index in [0.29, 0.717) is 38.4 Å². The number of thiophene rings is 1. The van der Waals surface area contributed by atoms with Gasteiger partial charge in [0.15, 0.2) is 11.5 Å². The van der Waals surface area contributed by atoms with Crippen molar-refractivity contribution in [3.63, 3.8) is 0 Å². The number of carbonyl (C=O) groups is 1. The molecular weight excluding hydrogens is 432 g/mol. The smallest absolute Gasteiger partial charge is 0.454 e. The Morgan fingerprint density at radius 3 is 2.88 bits per heavy atom. The Balaban J connectivity index is 1.29. The van der Waals surface area contributed by atoms with E-state index in [-0.39, 0.29) is 12.9 Å². The number of aromatic nitrogens is 2. The van der Waals surface area contributed by atoms with Crippen LogP contribution in [0.4, 0.5) is 16.6 Å². The zero-order valence-electron chi connectivity index (χ0n) is 17.7. The summed E-state index contributed by atoms with van der Waals surface area (Å²) in [5.41, 5.74) is 1.16. The van der Waals surface area contributed by atoms with Crippen molar-refractivity contribution in [1.82, 2.24) is 9.97 Å². The minimum Gasteiger partial charge on any atom is -0.454 e. The van der Waals surface area contributed by atoms with Crippen LogP contribution >= 0.6 is 11.3 Å². The van der Waals surface area contributed by atoms with E-state index >= 15 is 0 Å². The lowest BCUT2D eigenvalue weighted by Crippen LogP contribution is -2.38. The highest BCUT2D eigenvalue weighted by atomic mass is 32.1. The highest BCUT2D eigenvalue weighted by Gasteiger charge is 2.25. The summed E-state index contributed by atoms with van der Waals surface area (Å²) in [5.74, 6) is 3.06. The summed E-state index contributed by atoms with van der Waals surface area (Å²) in [6.45, 7) is 4.37. The maximum atomic E-state index is 10.8. The highest BCUT2D eigenvalue weighted by molar-refractivity contribution is 7.18. The summed E-state index contributed by atoms with van der Waals surface area (Å²) in [7, 11) is 0. The predicted octanol–water partition coefficient (Wildman–Crippen LogP) is 4.05. The lowest BCUT2D eigenvalue weighted by Gasteiger charge is -2.31. The maximum absolute atomic E-state index is 10.8. The fourth-order valence-corrected chi connectivity index (χ4v) is 4.92. The van der Waals surface area contributed by atoms with Gasteiger partial charge in [0, 0.05) is 37.4 Å². The van der Waals surface area contributed by atoms with Crippen molar-refractivity contribution in [3.8, 4) is 11.5 Å². The molecule has 0 spiro atoms. The van der Waals surface area contributed by atoms with E-state index < -0.39 is 6.16 Å². The Morgan fingerprint density at radius 1 is 1.25 bits per heavy atom. The maximum Gasteiger partial charge on any atom is 0.506 e. The zero-order chi connectivity index (χ0) is 22.1. The van der Waals surface area contributed by atoms with Crippen LogP contribution in [0.3, 0.4) is 0 Å². The van der Waals surface area contributed by atoms with Gasteiger partial charge in [-0.3, -0.25) is 0 Å². The van der Waals surface area contributed by atoms with Crippen molar-refractivity contribution in [3.05, 3.63) is 34.7 Å². The van der Waals surface area contributed by atoms with E-state index in [0.717, 1.165) is 39.5 Å². The van der Waals surface area contributed by atoms with Crippen LogP contribution in [0.15, 0.2) is 24.3 Å². The molecule has 3 aromatic rings. The molecule has 9 nitrogen and oxygen atoms in total. The molecular formula is C22H24N4O5S. The topological polar surface area (TPSA) is 106 Å². The van der Waals surface area contributed by atoms with Crippen molar-refractivity contribution >= 4 is 39.5 Å². The largest absolute Gasteiger partial charge is 0.506 e. The van der Waals surface area contributed by atoms with E-state index in [1.807, 2.05) is 18.2 Å². The van der Waals surface area contributed by atoms with Crippen LogP contribution in [-0.2, 0) is 11.2 Å². The molecule has 1 aromatic carbocycles. The Bertz CT molecular complexity index is 1140. The second-order valence-electron chi connectivity index (χ2n) is 7.88. The van der Waals surface area contributed by atoms with Crippen LogP contribution < -0.4 is 19.7 Å². The van der Waals surface area contributed by atoms with Gasteiger partial charge in [-0.1, -0.05) is 6.07 Å². The van der Waals surface area contributed by atoms with Crippen LogP contribution in [-0.4, -0.2) is 53.8 Å². The third kappa shape index (κ3) is 4.36. The van der Waals surface area contributed by atoms with E-state index in [1.165, 1.54) is 4.88 Å². The Hall–Kier alpha value is -3.27. The quantitative estimate of drug-likeness (QED) is 0.531. The molecule has 2 aliphatic rings. The molecule has 5 rings (SSSR count). The SMILES string of the molecule is Cc1cc2c(NCCc3ccc4c(c3)OCO4)nc(N3CCC(OC(=O)O)CC3)nc2s1. The number of ether oxygens (including phenoxy) is 3. The van der Waals surface area contributed by atoms with Crippen LogP contribution in [0.2, 0.25) is 0 Å². The molecule has 0 bridgehead atoms. The molecule has 32 heavy (non-hydrogen) atoms. The number of nitrogens with zero attached hydrogens (tertiary/aromatic N) is 3. The molecule has 2 aromatic heterocycles. The van der Waals surface area contributed by atoms with E-state index in [1.54, 1.807) is 11.3 Å². The van der Waals surface area contributed by atoms with Gasteiger partial charge in [-0.05, 0) is 37.1 Å². The molecule has 10 heteroatoms. The number of aryl methyl sites for hydroxylation is 1. The molecule has 1 saturated heterocycles. The summed E-state index contributed by atoms with van der Waals surface area (Å²) >= 11 is 1.65. The van der Waals surface area contributed by atoms with Gasteiger partial charge in [-0.15, -0.1) is 11.3 Å². The molecule has 1 fully saturated rings. The number of rotatable bonds is 6. The summed E-state index contributed by atoms with van der Waals surface area (Å²) < 4.78 is 15.8. The second-order valence-corrected chi connectivity index (χ2v) is 9.12. The molecule has 2 N–H and O–H groups in total. The summed E-state index contributed by atoms with van der Waals surface area (Å²) in [6, 6.07) is 8.12. The van der Waals surface area contributed by atoms with Gasteiger partial charge < -0.3 is 29.5 Å². The zero-order valence-corrected chi connectivity index (χ0v) is 18.5. The molecule has 168 valence electrons. The lowest BCUT2D eigenvalue weighted by molar-refractivity contribution is 0.0415. The molecule has 0 radical (unpaired) electrons. The molecule has 0 saturated carbocycles. The summed E-state index contributed by atoms with van der Waals surface area (Å²) in [4.78, 5) is 24.6. The van der Waals surface area contributed by atoms with Gasteiger partial charge in [-0.25, -0.2) is 9.78 Å². The van der Waals surface area contributed by atoms with Gasteiger partial charge in [0.05, 0.1) is 5.39 Å². The van der Waals surface area contributed by atoms with Crippen molar-refractivity contribution in [2.75, 3.05) is 36.6 Å². The highest BCUT2D eigenvalue weighted by Crippen LogP contribution is 2.33. The number of anilines is 2. The number of fused-ring (bicyclic) bond motifs is 2. The van der Waals surface area contributed by atoms with Gasteiger partial charge >= 0.3 is 6.16 Å². The second kappa shape index (κ2) is 8.70. The molecule has 0 amide bonds. The first kappa shape index (κ1) is 20.6. The average molecular weight is 457 g/mol. The van der Waals surface area contributed by atoms with Crippen molar-refractivity contribution < 1.29 is 24.1 Å². The van der Waals surface area contributed by atoms with Crippen LogP contribution in [0.5, 0.6) is 11.5 Å². The van der Waals surface area contributed by atoms with Crippen LogP contribution in [0.1, 0.15) is 23.3 Å². The van der Waals surface area contributed by atoms with Gasteiger partial charge in [-0.2, -0.15) is 4.98 Å². The monoisotopic (exact) mass is 456 g/mol. The Morgan fingerprint density at radius 2 is 2.06 bits per heavy atom. The standard InChI is InChI=1S/C22H24N4O5S/c1-13-10-16-19(23-7-4-14-2-3-17-18(11-14)30-12-29-17)24-21(25-20(16)32-13)26-8-5-15(6-9-26)31-22(27)28/h2-3,10-11,15H,4-9,12H2,1H3,(H,27,28)(H,23,24,25). The first-order valence-electron chi connectivity index (χ1n) is 10.6. The lowest BCUT2D eigenvalue weighted by atomic mass is 10.1. The van der Waals surface area contributed by atoms with Crippen LogP contribution in [0.25, 0.3) is 10.2 Å². The normalized spacial score (nSPS) is 15.8. The number of piperidine rings is 1. The molecule has 0 aliphatic carbocycles. The average Bonchev–Trinajstić information content (AvgIpc) is 3.39. The van der Waals surface area contributed by atoms with Gasteiger partial charge in [0.25, 0.3) is 0 Å². The number of carboxylic acid groups (broad SMARTS) is 1. The Kier molecular flexibility index (Phi) is 5.60. The van der Waals surface area contributed by atoms with E-state index in [2.05, 4.69) is 23.2 Å². The molecule has 2 aliphatic heterocycles. The fourth-order valence-electron chi connectivity index (χ4n) is 4.04. The molecule has 4 heterocycles. The number of benzene rings is 1. The summed E-state index contributed by atoms with van der Waals surface area (Å²) in [5, 5.41) is 13.3. The predicted molar refractivity (Wildman–Crippen MR) is 121 cm³/mol. The summed E-state index contributed by atoms with van der Waals surface area (Å²) in [6.07, 6.45) is 0.590. The number of hydrogen-bond acceptors (Lipinski definition) is 9. The number of hydrogen-bond donors (Lipinski definition) is 2. The Labute approximate surface area is 188 Å². The first-order valence-corrected chi connectivity index (χ1v) is 11.4. The van der Waals surface area contributed by atoms with Crippen molar-refractivity contribution in [2.24, 2.45) is 0 Å². The fraction of sp³-hybridized carbons (Fsp3) is 0.409. The first-order chi connectivity index (χ1) is 15.5. The third-order valence-electron chi connectivity index (χ3n) is 5.64. The minimum absolute atomic E-state index is 0.268. The molecule has 0 unspecified atom stereocenters. The van der Waals surface area contributed by atoms with Gasteiger partial charge in [0.2, 0.25) is 12.7 Å². The van der Waals surface area contributed by atoms with Gasteiger partial charge in [0.1, 0.15) is 16.8 Å². The third-order valence-corrected chi connectivity index (χ3v) is 6.58. The van der Waals surface area contributed by atoms with E-state index in [9.17, 15) is 4.79 Å². The molecule has 0 atom stereocenters. The van der Waals surface area contributed by atoms with Crippen molar-refractivity contribution in [1.29, 1.82) is 0 Å².